The van der Waals surface area contributed by atoms with Gasteiger partial charge in [-0.1, -0.05) is 12.1 Å². The van der Waals surface area contributed by atoms with Crippen molar-refractivity contribution in [3.63, 3.8) is 0 Å². The Hall–Kier alpha value is -3.07. The lowest BCUT2D eigenvalue weighted by molar-refractivity contribution is 0.110. The summed E-state index contributed by atoms with van der Waals surface area (Å²) >= 11 is 0. The second-order valence-electron chi connectivity index (χ2n) is 7.27. The van der Waals surface area contributed by atoms with Crippen molar-refractivity contribution in [1.82, 2.24) is 4.90 Å². The second kappa shape index (κ2) is 11.0. The molecular weight excluding hydrogens is 414 g/mol. The van der Waals surface area contributed by atoms with Crippen LogP contribution >= 0.6 is 0 Å². The molecule has 0 bridgehead atoms. The smallest absolute Gasteiger partial charge is 0.235 e. The van der Waals surface area contributed by atoms with Gasteiger partial charge in [-0.3, -0.25) is 9.69 Å². The van der Waals surface area contributed by atoms with E-state index in [0.717, 1.165) is 0 Å². The minimum Gasteiger partial charge on any atom is -0.507 e. The van der Waals surface area contributed by atoms with Gasteiger partial charge < -0.3 is 28.5 Å². The molecular formula is C24H29NO7. The molecule has 3 rings (SSSR count). The average molecular weight is 443 g/mol. The van der Waals surface area contributed by atoms with Crippen LogP contribution in [0.3, 0.4) is 0 Å². The van der Waals surface area contributed by atoms with Gasteiger partial charge in [-0.15, -0.1) is 0 Å². The molecule has 1 aromatic heterocycles. The van der Waals surface area contributed by atoms with E-state index in [9.17, 15) is 9.90 Å². The van der Waals surface area contributed by atoms with Crippen LogP contribution in [0.5, 0.6) is 23.0 Å². The number of nitrogens with zero attached hydrogens (tertiary/aromatic N) is 1. The van der Waals surface area contributed by atoms with Crippen molar-refractivity contribution in [3.05, 3.63) is 57.9 Å². The maximum absolute atomic E-state index is 13.3. The van der Waals surface area contributed by atoms with E-state index in [0.29, 0.717) is 66.6 Å². The summed E-state index contributed by atoms with van der Waals surface area (Å²) in [6.45, 7) is 4.34. The summed E-state index contributed by atoms with van der Waals surface area (Å²) in [5.41, 5.74) is 0.537. The zero-order valence-corrected chi connectivity index (χ0v) is 18.8. The van der Waals surface area contributed by atoms with Gasteiger partial charge in [0.2, 0.25) is 11.2 Å². The number of aromatic hydroxyl groups is 1. The predicted molar refractivity (Wildman–Crippen MR) is 121 cm³/mol. The molecule has 2 aromatic carbocycles. The highest BCUT2D eigenvalue weighted by Gasteiger charge is 2.21. The number of methoxy groups -OCH3 is 3. The van der Waals surface area contributed by atoms with Crippen LogP contribution < -0.4 is 14.9 Å². The largest absolute Gasteiger partial charge is 0.507 e. The Bertz CT molecular complexity index is 1100. The number of rotatable bonds is 11. The molecule has 172 valence electrons. The van der Waals surface area contributed by atoms with E-state index in [-0.39, 0.29) is 16.9 Å². The van der Waals surface area contributed by atoms with E-state index in [1.54, 1.807) is 45.4 Å². The van der Waals surface area contributed by atoms with Gasteiger partial charge in [0.05, 0.1) is 31.3 Å². The van der Waals surface area contributed by atoms with Crippen molar-refractivity contribution in [2.75, 3.05) is 47.6 Å². The molecule has 8 nitrogen and oxygen atoms in total. The monoisotopic (exact) mass is 443 g/mol. The quantitative estimate of drug-likeness (QED) is 0.480. The van der Waals surface area contributed by atoms with Crippen molar-refractivity contribution in [2.45, 2.75) is 13.5 Å². The van der Waals surface area contributed by atoms with Gasteiger partial charge in [0.1, 0.15) is 17.1 Å². The van der Waals surface area contributed by atoms with Gasteiger partial charge in [0.25, 0.3) is 0 Å². The molecule has 32 heavy (non-hydrogen) atoms. The third-order valence-corrected chi connectivity index (χ3v) is 5.15. The van der Waals surface area contributed by atoms with Crippen molar-refractivity contribution >= 4 is 11.0 Å². The van der Waals surface area contributed by atoms with Crippen LogP contribution in [0.25, 0.3) is 11.0 Å². The Kier molecular flexibility index (Phi) is 8.10. The average Bonchev–Trinajstić information content (AvgIpc) is 2.80. The summed E-state index contributed by atoms with van der Waals surface area (Å²) in [6, 6.07) is 10.1. The fraction of sp³-hybridized carbons (Fsp3) is 0.375. The molecule has 0 saturated carbocycles. The highest BCUT2D eigenvalue weighted by Crippen LogP contribution is 2.34. The number of hydrogen-bond acceptors (Lipinski definition) is 8. The number of aryl methyl sites for hydroxylation is 1. The molecule has 0 aliphatic rings. The van der Waals surface area contributed by atoms with Gasteiger partial charge in [0.15, 0.2) is 11.5 Å². The van der Waals surface area contributed by atoms with Gasteiger partial charge in [0, 0.05) is 33.9 Å². The number of hydrogen-bond donors (Lipinski definition) is 1. The zero-order valence-electron chi connectivity index (χ0n) is 18.8. The standard InChI is InChI=1S/C24H29NO7/c1-16-23(32-21-8-6-5-7-20(21)30-4)22(27)17-9-10-19(26)18(24(17)31-16)15-25(11-13-28-2)12-14-29-3/h5-10,26H,11-15H2,1-4H3. The van der Waals surface area contributed by atoms with E-state index in [1.807, 2.05) is 6.07 Å². The van der Waals surface area contributed by atoms with Crippen LogP contribution in [0.15, 0.2) is 45.6 Å². The van der Waals surface area contributed by atoms with E-state index in [1.165, 1.54) is 13.2 Å². The Morgan fingerprint density at radius 3 is 2.25 bits per heavy atom. The first-order chi connectivity index (χ1) is 15.5. The summed E-state index contributed by atoms with van der Waals surface area (Å²) in [7, 11) is 4.80. The SMILES string of the molecule is COCCN(CCOC)Cc1c(O)ccc2c(=O)c(Oc3ccccc3OC)c(C)oc12. The summed E-state index contributed by atoms with van der Waals surface area (Å²) in [4.78, 5) is 15.4. The third kappa shape index (κ3) is 5.21. The third-order valence-electron chi connectivity index (χ3n) is 5.15. The van der Waals surface area contributed by atoms with Gasteiger partial charge in [-0.2, -0.15) is 0 Å². The lowest BCUT2D eigenvalue weighted by Crippen LogP contribution is -2.30. The Morgan fingerprint density at radius 2 is 1.62 bits per heavy atom. The summed E-state index contributed by atoms with van der Waals surface area (Å²) in [6.07, 6.45) is 0. The lowest BCUT2D eigenvalue weighted by Gasteiger charge is -2.22. The number of para-hydroxylation sites is 2. The molecule has 8 heteroatoms. The molecule has 0 aliphatic heterocycles. The number of benzene rings is 2. The second-order valence-corrected chi connectivity index (χ2v) is 7.27. The van der Waals surface area contributed by atoms with Crippen LogP contribution in [-0.4, -0.2) is 57.6 Å². The zero-order chi connectivity index (χ0) is 23.1. The maximum Gasteiger partial charge on any atom is 0.235 e. The van der Waals surface area contributed by atoms with E-state index < -0.39 is 0 Å². The van der Waals surface area contributed by atoms with Crippen LogP contribution in [0.2, 0.25) is 0 Å². The molecule has 0 aliphatic carbocycles. The fourth-order valence-electron chi connectivity index (χ4n) is 3.41. The number of fused-ring (bicyclic) bond motifs is 1. The summed E-state index contributed by atoms with van der Waals surface area (Å²) < 4.78 is 27.6. The molecule has 1 N–H and O–H groups in total. The van der Waals surface area contributed by atoms with Crippen molar-refractivity contribution in [3.8, 4) is 23.0 Å². The van der Waals surface area contributed by atoms with E-state index in [4.69, 9.17) is 23.4 Å². The summed E-state index contributed by atoms with van der Waals surface area (Å²) in [5.74, 6) is 1.35. The topological polar surface area (TPSA) is 90.6 Å². The maximum atomic E-state index is 13.3. The molecule has 3 aromatic rings. The first-order valence-corrected chi connectivity index (χ1v) is 10.3. The highest BCUT2D eigenvalue weighted by molar-refractivity contribution is 5.83. The highest BCUT2D eigenvalue weighted by atomic mass is 16.5. The molecule has 1 heterocycles. The number of phenols is 1. The Morgan fingerprint density at radius 1 is 0.969 bits per heavy atom. The number of phenolic OH excluding ortho intramolecular Hbond substituents is 1. The van der Waals surface area contributed by atoms with Crippen LogP contribution in [0.1, 0.15) is 11.3 Å². The van der Waals surface area contributed by atoms with Gasteiger partial charge in [-0.05, 0) is 31.2 Å². The first-order valence-electron chi connectivity index (χ1n) is 10.3. The molecule has 0 spiro atoms. The van der Waals surface area contributed by atoms with Crippen molar-refractivity contribution in [2.24, 2.45) is 0 Å². The molecule has 0 radical (unpaired) electrons. The summed E-state index contributed by atoms with van der Waals surface area (Å²) in [5, 5.41) is 10.9. The predicted octanol–water partition coefficient (Wildman–Crippen LogP) is 3.70. The van der Waals surface area contributed by atoms with E-state index in [2.05, 4.69) is 4.90 Å². The normalized spacial score (nSPS) is 11.3. The Labute approximate surface area is 186 Å². The lowest BCUT2D eigenvalue weighted by atomic mass is 10.1. The van der Waals surface area contributed by atoms with Gasteiger partial charge >= 0.3 is 0 Å². The molecule has 0 saturated heterocycles. The Balaban J connectivity index is 2.03. The first kappa shape index (κ1) is 23.6. The van der Waals surface area contributed by atoms with Gasteiger partial charge in [-0.25, -0.2) is 0 Å². The van der Waals surface area contributed by atoms with Crippen LogP contribution in [0, 0.1) is 6.92 Å². The van der Waals surface area contributed by atoms with E-state index >= 15 is 0 Å². The molecule has 0 amide bonds. The number of ether oxygens (including phenoxy) is 4. The minimum absolute atomic E-state index is 0.0540. The van der Waals surface area contributed by atoms with Crippen molar-refractivity contribution < 1.29 is 28.5 Å². The molecule has 0 unspecified atom stereocenters. The molecule has 0 atom stereocenters. The minimum atomic E-state index is -0.323. The fourth-order valence-corrected chi connectivity index (χ4v) is 3.41. The molecule has 0 fully saturated rings. The van der Waals surface area contributed by atoms with Crippen molar-refractivity contribution in [1.29, 1.82) is 0 Å². The van der Waals surface area contributed by atoms with Crippen LogP contribution in [-0.2, 0) is 16.0 Å². The van der Waals surface area contributed by atoms with Crippen LogP contribution in [0.4, 0.5) is 0 Å².